The van der Waals surface area contributed by atoms with Crippen LogP contribution in [-0.4, -0.2) is 18.0 Å². The summed E-state index contributed by atoms with van der Waals surface area (Å²) in [5.74, 6) is -1.29. The zero-order valence-corrected chi connectivity index (χ0v) is 4.84. The number of amides is 2. The average molecular weight is 143 g/mol. The molecular formula is C3H5N5O2. The Hall–Kier alpha value is -1.27. The maximum atomic E-state index is 10.4. The molecule has 7 nitrogen and oxygen atoms in total. The van der Waals surface area contributed by atoms with Crippen molar-refractivity contribution >= 4 is 12.0 Å². The van der Waals surface area contributed by atoms with Crippen molar-refractivity contribution in [3.8, 4) is 0 Å². The fourth-order valence-corrected chi connectivity index (χ4v) is 0.344. The number of hydroxylamine groups is 1. The van der Waals surface area contributed by atoms with Gasteiger partial charge in [-0.15, -0.1) is 10.5 Å². The van der Waals surface area contributed by atoms with Crippen LogP contribution in [0.1, 0.15) is 0 Å². The third-order valence-corrected chi connectivity index (χ3v) is 0.772. The second-order valence-corrected chi connectivity index (χ2v) is 1.59. The highest BCUT2D eigenvalue weighted by molar-refractivity contribution is 5.80. The first-order valence-corrected chi connectivity index (χ1v) is 2.35. The van der Waals surface area contributed by atoms with Crippen LogP contribution in [0, 0.1) is 5.41 Å². The zero-order valence-electron chi connectivity index (χ0n) is 4.84. The molecule has 0 radical (unpaired) electrons. The van der Waals surface area contributed by atoms with Gasteiger partial charge in [0, 0.05) is 0 Å². The molecule has 1 aliphatic heterocycles. The van der Waals surface area contributed by atoms with E-state index in [1.54, 1.807) is 6.01 Å². The van der Waals surface area contributed by atoms with Crippen molar-refractivity contribution in [1.29, 1.82) is 5.41 Å². The maximum Gasteiger partial charge on any atom is 0.354 e. The Morgan fingerprint density at radius 1 is 2.00 bits per heavy atom. The summed E-state index contributed by atoms with van der Waals surface area (Å²) in [5, 5.41) is 8.37. The van der Waals surface area contributed by atoms with Crippen LogP contribution in [-0.2, 0) is 4.84 Å². The minimum absolute atomic E-state index is 0.775. The third-order valence-electron chi connectivity index (χ3n) is 0.772. The Balaban J connectivity index is 2.38. The summed E-state index contributed by atoms with van der Waals surface area (Å²) < 4.78 is 0. The molecule has 0 spiro atoms. The lowest BCUT2D eigenvalue weighted by molar-refractivity contribution is 0.222. The fraction of sp³-hybridized carbons (Fsp3) is 0.333. The number of carbonyl (C=O) groups is 1. The number of rotatable bonds is 1. The number of urea groups is 1. The molecule has 0 aromatic carbocycles. The molecule has 7 heteroatoms. The van der Waals surface area contributed by atoms with Crippen LogP contribution in [0.3, 0.4) is 0 Å². The first kappa shape index (κ1) is 6.84. The largest absolute Gasteiger partial charge is 0.354 e. The Morgan fingerprint density at radius 3 is 3.00 bits per heavy atom. The van der Waals surface area contributed by atoms with E-state index >= 15 is 0 Å². The molecule has 0 aliphatic carbocycles. The number of hydrogen-bond donors (Lipinski definition) is 4. The van der Waals surface area contributed by atoms with E-state index < -0.39 is 12.0 Å². The van der Waals surface area contributed by atoms with Crippen molar-refractivity contribution in [3.63, 3.8) is 0 Å². The molecule has 1 heterocycles. The molecule has 0 bridgehead atoms. The van der Waals surface area contributed by atoms with E-state index in [1.807, 2.05) is 0 Å². The predicted molar refractivity (Wildman–Crippen MR) is 29.8 cm³/mol. The Morgan fingerprint density at radius 2 is 2.60 bits per heavy atom. The molecule has 1 atom stereocenters. The monoisotopic (exact) mass is 143 g/mol. The second-order valence-electron chi connectivity index (χ2n) is 1.59. The number of carbonyl (C=O) groups excluding carboxylic acids is 1. The molecule has 1 rings (SSSR count). The van der Waals surface area contributed by atoms with E-state index in [0.29, 0.717) is 0 Å². The molecule has 1 aliphatic rings. The number of hydrogen-bond acceptors (Lipinski definition) is 5. The molecule has 2 amide bonds. The zero-order chi connectivity index (χ0) is 7.61. The molecule has 10 heavy (non-hydrogen) atoms. The first-order chi connectivity index (χ1) is 4.66. The number of aliphatic imine (C=N–C) groups is 1. The van der Waals surface area contributed by atoms with Crippen LogP contribution in [0.15, 0.2) is 4.99 Å². The number of nitrogens with zero attached hydrogens (tertiary/aromatic N) is 1. The van der Waals surface area contributed by atoms with Crippen LogP contribution in [0.25, 0.3) is 0 Å². The topological polar surface area (TPSA) is 126 Å². The summed E-state index contributed by atoms with van der Waals surface area (Å²) in [6.45, 7) is 0. The molecule has 1 unspecified atom stereocenters. The van der Waals surface area contributed by atoms with Crippen molar-refractivity contribution in [3.05, 3.63) is 0 Å². The summed E-state index contributed by atoms with van der Waals surface area (Å²) >= 11 is 0. The first-order valence-electron chi connectivity index (χ1n) is 2.35. The van der Waals surface area contributed by atoms with E-state index in [4.69, 9.17) is 11.1 Å². The molecule has 0 saturated carbocycles. The molecule has 1 saturated heterocycles. The number of nitrogens with two attached hydrogens (primary N) is 1. The summed E-state index contributed by atoms with van der Waals surface area (Å²) in [7, 11) is 0. The highest BCUT2D eigenvalue weighted by Crippen LogP contribution is 2.05. The van der Waals surface area contributed by atoms with Gasteiger partial charge in [0.05, 0.1) is 6.01 Å². The van der Waals surface area contributed by atoms with Gasteiger partial charge >= 0.3 is 6.03 Å². The number of nitrogens with one attached hydrogen (secondary N) is 3. The van der Waals surface area contributed by atoms with Crippen molar-refractivity contribution < 1.29 is 9.63 Å². The second kappa shape index (κ2) is 2.16. The van der Waals surface area contributed by atoms with E-state index in [1.165, 1.54) is 0 Å². The highest BCUT2D eigenvalue weighted by atomic mass is 16.8. The summed E-state index contributed by atoms with van der Waals surface area (Å²) in [4.78, 5) is 17.7. The van der Waals surface area contributed by atoms with Crippen molar-refractivity contribution in [2.24, 2.45) is 10.7 Å². The summed E-state index contributed by atoms with van der Waals surface area (Å²) in [5.41, 5.74) is 7.36. The van der Waals surface area contributed by atoms with Gasteiger partial charge in [-0.1, -0.05) is 0 Å². The van der Waals surface area contributed by atoms with Crippen LogP contribution < -0.4 is 16.5 Å². The van der Waals surface area contributed by atoms with Gasteiger partial charge in [0.2, 0.25) is 0 Å². The Labute approximate surface area is 55.7 Å². The smallest absolute Gasteiger partial charge is 0.279 e. The van der Waals surface area contributed by atoms with Crippen LogP contribution in [0.4, 0.5) is 4.79 Å². The lowest BCUT2D eigenvalue weighted by Gasteiger charge is -1.99. The van der Waals surface area contributed by atoms with Gasteiger partial charge in [0.25, 0.3) is 5.97 Å². The van der Waals surface area contributed by atoms with Crippen LogP contribution in [0.5, 0.6) is 0 Å². The minimum atomic E-state index is -1.29. The van der Waals surface area contributed by atoms with Crippen molar-refractivity contribution in [1.82, 2.24) is 10.8 Å². The average Bonchev–Trinajstić information content (AvgIpc) is 2.48. The van der Waals surface area contributed by atoms with Gasteiger partial charge in [-0.25, -0.2) is 15.0 Å². The highest BCUT2D eigenvalue weighted by Gasteiger charge is 2.42. The lowest BCUT2D eigenvalue weighted by Crippen LogP contribution is -2.46. The van der Waals surface area contributed by atoms with Gasteiger partial charge in [-0.3, -0.25) is 11.1 Å². The quantitative estimate of drug-likeness (QED) is 0.203. The molecule has 5 N–H and O–H groups in total. The third kappa shape index (κ3) is 1.61. The van der Waals surface area contributed by atoms with E-state index in [9.17, 15) is 4.79 Å². The Kier molecular flexibility index (Phi) is 1.48. The van der Waals surface area contributed by atoms with Gasteiger partial charge < -0.3 is 0 Å². The van der Waals surface area contributed by atoms with E-state index in [0.717, 1.165) is 0 Å². The minimum Gasteiger partial charge on any atom is -0.279 e. The van der Waals surface area contributed by atoms with Gasteiger partial charge in [-0.05, 0) is 0 Å². The van der Waals surface area contributed by atoms with Gasteiger partial charge in [-0.2, -0.15) is 0 Å². The van der Waals surface area contributed by atoms with Crippen molar-refractivity contribution in [2.75, 3.05) is 0 Å². The molecular weight excluding hydrogens is 138 g/mol. The lowest BCUT2D eigenvalue weighted by atomic mass is 10.8. The van der Waals surface area contributed by atoms with Gasteiger partial charge in [0.1, 0.15) is 0 Å². The predicted octanol–water partition coefficient (Wildman–Crippen LogP) is -1.45. The molecule has 54 valence electrons. The Bertz CT molecular complexity index is 203. The van der Waals surface area contributed by atoms with E-state index in [2.05, 4.69) is 20.6 Å². The molecule has 1 fully saturated rings. The maximum absolute atomic E-state index is 10.4. The molecule has 0 aromatic rings. The molecule has 0 aromatic heterocycles. The normalized spacial score (nSPS) is 28.5. The fourth-order valence-electron chi connectivity index (χ4n) is 0.344. The summed E-state index contributed by atoms with van der Waals surface area (Å²) in [6.07, 6.45) is 0. The van der Waals surface area contributed by atoms with E-state index in [-0.39, 0.29) is 0 Å². The summed E-state index contributed by atoms with van der Waals surface area (Å²) in [6, 6.07) is 0.766. The van der Waals surface area contributed by atoms with Crippen LogP contribution in [0.2, 0.25) is 0 Å². The van der Waals surface area contributed by atoms with Crippen LogP contribution >= 0.6 is 0 Å². The SMILES string of the molecule is N=C=NC(=O)NC1(N)NO1. The van der Waals surface area contributed by atoms with Gasteiger partial charge in [0.15, 0.2) is 0 Å². The standard InChI is InChI=1S/C3H5N5O2/c4-1-6-2(9)7-3(5)8-10-3/h4,8H,5H2,(H,7,9). The van der Waals surface area contributed by atoms with Crippen molar-refractivity contribution in [2.45, 2.75) is 5.97 Å².